The van der Waals surface area contributed by atoms with Gasteiger partial charge in [0.2, 0.25) is 0 Å². The van der Waals surface area contributed by atoms with Crippen molar-refractivity contribution in [3.8, 4) is 0 Å². The summed E-state index contributed by atoms with van der Waals surface area (Å²) in [5.74, 6) is 0.562. The van der Waals surface area contributed by atoms with Gasteiger partial charge in [-0.1, -0.05) is 13.8 Å². The highest BCUT2D eigenvalue weighted by Crippen LogP contribution is 1.97. The Labute approximate surface area is 79.2 Å². The van der Waals surface area contributed by atoms with Gasteiger partial charge in [0.1, 0.15) is 0 Å². The lowest BCUT2D eigenvalue weighted by atomic mass is 10.2. The largest absolute Gasteiger partial charge is 0.379 e. The van der Waals surface area contributed by atoms with E-state index in [-0.39, 0.29) is 6.03 Å². The van der Waals surface area contributed by atoms with Crippen LogP contribution in [0.4, 0.5) is 4.79 Å². The van der Waals surface area contributed by atoms with Crippen molar-refractivity contribution in [2.45, 2.75) is 13.8 Å². The lowest BCUT2D eigenvalue weighted by Crippen LogP contribution is -2.31. The van der Waals surface area contributed by atoms with Crippen LogP contribution in [0.25, 0.3) is 0 Å². The molecule has 4 nitrogen and oxygen atoms in total. The summed E-state index contributed by atoms with van der Waals surface area (Å²) >= 11 is 0. The zero-order chi connectivity index (χ0) is 9.68. The fraction of sp³-hybridized carbons (Fsp3) is 0.889. The van der Waals surface area contributed by atoms with Gasteiger partial charge in [0, 0.05) is 26.2 Å². The van der Waals surface area contributed by atoms with Crippen LogP contribution in [0.3, 0.4) is 0 Å². The first kappa shape index (κ1) is 10.3. The van der Waals surface area contributed by atoms with Crippen LogP contribution in [0.5, 0.6) is 0 Å². The van der Waals surface area contributed by atoms with E-state index in [0.29, 0.717) is 19.1 Å². The molecule has 0 atom stereocenters. The van der Waals surface area contributed by atoms with Gasteiger partial charge >= 0.3 is 6.03 Å². The van der Waals surface area contributed by atoms with Gasteiger partial charge in [-0.05, 0) is 5.92 Å². The van der Waals surface area contributed by atoms with Gasteiger partial charge in [-0.25, -0.2) is 4.79 Å². The number of rotatable bonds is 5. The molecule has 1 saturated heterocycles. The third-order valence-electron chi connectivity index (χ3n) is 1.90. The maximum absolute atomic E-state index is 11.1. The fourth-order valence-corrected chi connectivity index (χ4v) is 1.22. The first-order chi connectivity index (χ1) is 6.20. The Kier molecular flexibility index (Phi) is 4.02. The van der Waals surface area contributed by atoms with Crippen LogP contribution in [0.2, 0.25) is 0 Å². The zero-order valence-electron chi connectivity index (χ0n) is 8.38. The molecule has 1 aliphatic heterocycles. The second kappa shape index (κ2) is 5.07. The Hall–Kier alpha value is -0.770. The van der Waals surface area contributed by atoms with E-state index in [2.05, 4.69) is 19.2 Å². The van der Waals surface area contributed by atoms with Gasteiger partial charge in [-0.3, -0.25) is 0 Å². The normalized spacial score (nSPS) is 16.8. The van der Waals surface area contributed by atoms with E-state index < -0.39 is 0 Å². The number of nitrogens with one attached hydrogen (secondary N) is 1. The fourth-order valence-electron chi connectivity index (χ4n) is 1.22. The Morgan fingerprint density at radius 2 is 2.38 bits per heavy atom. The molecule has 1 fully saturated rings. The van der Waals surface area contributed by atoms with Crippen LogP contribution in [0, 0.1) is 5.92 Å². The van der Waals surface area contributed by atoms with Gasteiger partial charge < -0.3 is 15.0 Å². The molecule has 1 rings (SSSR count). The predicted octanol–water partition coefficient (Wildman–Crippen LogP) is 0.684. The number of ether oxygens (including phenoxy) is 1. The van der Waals surface area contributed by atoms with E-state index >= 15 is 0 Å². The van der Waals surface area contributed by atoms with Gasteiger partial charge in [-0.2, -0.15) is 0 Å². The van der Waals surface area contributed by atoms with Crippen LogP contribution in [0.1, 0.15) is 13.8 Å². The highest BCUT2D eigenvalue weighted by atomic mass is 16.5. The molecule has 0 aromatic rings. The lowest BCUT2D eigenvalue weighted by Gasteiger charge is -2.14. The topological polar surface area (TPSA) is 41.6 Å². The van der Waals surface area contributed by atoms with Gasteiger partial charge in [0.25, 0.3) is 0 Å². The van der Waals surface area contributed by atoms with Crippen molar-refractivity contribution >= 4 is 6.03 Å². The monoisotopic (exact) mass is 186 g/mol. The zero-order valence-corrected chi connectivity index (χ0v) is 8.38. The minimum absolute atomic E-state index is 0.0353. The Balaban J connectivity index is 2.02. The summed E-state index contributed by atoms with van der Waals surface area (Å²) in [5.41, 5.74) is 0. The first-order valence-corrected chi connectivity index (χ1v) is 4.80. The Bertz CT molecular complexity index is 171. The minimum Gasteiger partial charge on any atom is -0.379 e. The molecule has 0 aliphatic carbocycles. The van der Waals surface area contributed by atoms with E-state index in [1.807, 2.05) is 0 Å². The van der Waals surface area contributed by atoms with Crippen molar-refractivity contribution in [1.29, 1.82) is 0 Å². The van der Waals surface area contributed by atoms with Crippen LogP contribution >= 0.6 is 0 Å². The van der Waals surface area contributed by atoms with Gasteiger partial charge in [-0.15, -0.1) is 0 Å². The van der Waals surface area contributed by atoms with E-state index in [4.69, 9.17) is 4.74 Å². The minimum atomic E-state index is 0.0353. The third-order valence-corrected chi connectivity index (χ3v) is 1.90. The molecular formula is C9H18N2O2. The number of hydrogen-bond acceptors (Lipinski definition) is 2. The Morgan fingerprint density at radius 1 is 1.62 bits per heavy atom. The SMILES string of the molecule is CC(C)COCCN1CCNC1=O. The number of urea groups is 1. The molecule has 0 bridgehead atoms. The van der Waals surface area contributed by atoms with Crippen molar-refractivity contribution < 1.29 is 9.53 Å². The molecule has 0 unspecified atom stereocenters. The summed E-state index contributed by atoms with van der Waals surface area (Å²) in [7, 11) is 0. The number of amides is 2. The first-order valence-electron chi connectivity index (χ1n) is 4.80. The number of carbonyl (C=O) groups excluding carboxylic acids is 1. The molecule has 0 spiro atoms. The second-order valence-corrected chi connectivity index (χ2v) is 3.69. The van der Waals surface area contributed by atoms with Crippen molar-refractivity contribution in [2.75, 3.05) is 32.8 Å². The lowest BCUT2D eigenvalue weighted by molar-refractivity contribution is 0.0957. The maximum atomic E-state index is 11.1. The molecule has 0 saturated carbocycles. The standard InChI is InChI=1S/C9H18N2O2/c1-8(2)7-13-6-5-11-4-3-10-9(11)12/h8H,3-7H2,1-2H3,(H,10,12). The number of nitrogens with zero attached hydrogens (tertiary/aromatic N) is 1. The number of carbonyl (C=O) groups is 1. The molecule has 0 radical (unpaired) electrons. The van der Waals surface area contributed by atoms with Crippen molar-refractivity contribution in [2.24, 2.45) is 5.92 Å². The van der Waals surface area contributed by atoms with Gasteiger partial charge in [0.05, 0.1) is 6.61 Å². The number of hydrogen-bond donors (Lipinski definition) is 1. The maximum Gasteiger partial charge on any atom is 0.317 e. The summed E-state index contributed by atoms with van der Waals surface area (Å²) in [6, 6.07) is 0.0353. The predicted molar refractivity (Wildman–Crippen MR) is 50.6 cm³/mol. The highest BCUT2D eigenvalue weighted by Gasteiger charge is 2.18. The van der Waals surface area contributed by atoms with Crippen molar-refractivity contribution in [3.05, 3.63) is 0 Å². The van der Waals surface area contributed by atoms with Crippen LogP contribution in [-0.2, 0) is 4.74 Å². The molecule has 1 heterocycles. The smallest absolute Gasteiger partial charge is 0.317 e. The second-order valence-electron chi connectivity index (χ2n) is 3.69. The van der Waals surface area contributed by atoms with Gasteiger partial charge in [0.15, 0.2) is 0 Å². The van der Waals surface area contributed by atoms with E-state index in [0.717, 1.165) is 19.7 Å². The third kappa shape index (κ3) is 3.63. The van der Waals surface area contributed by atoms with Crippen molar-refractivity contribution in [3.63, 3.8) is 0 Å². The molecule has 2 amide bonds. The summed E-state index contributed by atoms with van der Waals surface area (Å²) in [4.78, 5) is 12.8. The van der Waals surface area contributed by atoms with E-state index in [1.165, 1.54) is 0 Å². The van der Waals surface area contributed by atoms with Crippen LogP contribution < -0.4 is 5.32 Å². The Morgan fingerprint density at radius 3 is 2.92 bits per heavy atom. The summed E-state index contributed by atoms with van der Waals surface area (Å²) in [5, 5.41) is 2.75. The molecule has 76 valence electrons. The summed E-state index contributed by atoms with van der Waals surface area (Å²) in [6.45, 7) is 7.93. The average molecular weight is 186 g/mol. The quantitative estimate of drug-likeness (QED) is 0.642. The average Bonchev–Trinajstić information content (AvgIpc) is 2.45. The summed E-state index contributed by atoms with van der Waals surface area (Å²) in [6.07, 6.45) is 0. The molecule has 13 heavy (non-hydrogen) atoms. The van der Waals surface area contributed by atoms with Crippen LogP contribution in [0.15, 0.2) is 0 Å². The van der Waals surface area contributed by atoms with Crippen LogP contribution in [-0.4, -0.2) is 43.8 Å². The molecule has 1 N–H and O–H groups in total. The highest BCUT2D eigenvalue weighted by molar-refractivity contribution is 5.76. The van der Waals surface area contributed by atoms with Crippen molar-refractivity contribution in [1.82, 2.24) is 10.2 Å². The summed E-state index contributed by atoms with van der Waals surface area (Å²) < 4.78 is 5.38. The molecule has 0 aromatic heterocycles. The van der Waals surface area contributed by atoms with E-state index in [1.54, 1.807) is 4.90 Å². The van der Waals surface area contributed by atoms with E-state index in [9.17, 15) is 4.79 Å². The molecule has 4 heteroatoms. The molecule has 1 aliphatic rings. The molecular weight excluding hydrogens is 168 g/mol. The molecule has 0 aromatic carbocycles.